The molecule has 0 aliphatic heterocycles. The van der Waals surface area contributed by atoms with Gasteiger partial charge in [-0.05, 0) is 36.4 Å². The van der Waals surface area contributed by atoms with E-state index in [0.29, 0.717) is 22.5 Å². The van der Waals surface area contributed by atoms with Crippen LogP contribution in [0.1, 0.15) is 26.4 Å². The second-order valence-electron chi connectivity index (χ2n) is 6.33. The molecule has 0 spiro atoms. The van der Waals surface area contributed by atoms with Gasteiger partial charge in [-0.3, -0.25) is 9.59 Å². The van der Waals surface area contributed by atoms with E-state index in [2.05, 4.69) is 10.3 Å². The maximum Gasteiger partial charge on any atom is 0.272 e. The molecular weight excluding hydrogens is 352 g/mol. The van der Waals surface area contributed by atoms with Crippen LogP contribution in [0, 0.1) is 0 Å². The van der Waals surface area contributed by atoms with Crippen LogP contribution in [0.5, 0.6) is 5.75 Å². The molecule has 0 saturated carbocycles. The van der Waals surface area contributed by atoms with Gasteiger partial charge in [-0.25, -0.2) is 0 Å². The van der Waals surface area contributed by atoms with E-state index in [1.807, 2.05) is 36.4 Å². The van der Waals surface area contributed by atoms with E-state index in [4.69, 9.17) is 4.74 Å². The van der Waals surface area contributed by atoms with Crippen molar-refractivity contribution in [2.75, 3.05) is 12.4 Å². The van der Waals surface area contributed by atoms with Crippen LogP contribution in [-0.2, 0) is 0 Å². The fourth-order valence-corrected chi connectivity index (χ4v) is 3.08. The van der Waals surface area contributed by atoms with Crippen molar-refractivity contribution in [1.82, 2.24) is 4.98 Å². The molecule has 138 valence electrons. The zero-order chi connectivity index (χ0) is 19.5. The predicted octanol–water partition coefficient (Wildman–Crippen LogP) is 4.66. The average Bonchev–Trinajstić information content (AvgIpc) is 3.17. The van der Waals surface area contributed by atoms with Crippen molar-refractivity contribution in [3.63, 3.8) is 0 Å². The molecule has 3 aromatic carbocycles. The first-order chi connectivity index (χ1) is 13.7. The van der Waals surface area contributed by atoms with E-state index >= 15 is 0 Å². The average molecular weight is 370 g/mol. The molecule has 1 aromatic heterocycles. The van der Waals surface area contributed by atoms with Gasteiger partial charge >= 0.3 is 0 Å². The first kappa shape index (κ1) is 17.5. The summed E-state index contributed by atoms with van der Waals surface area (Å²) in [5, 5.41) is 3.72. The number of carbonyl (C=O) groups is 2. The first-order valence-electron chi connectivity index (χ1n) is 8.82. The molecule has 0 unspecified atom stereocenters. The van der Waals surface area contributed by atoms with Crippen molar-refractivity contribution in [2.45, 2.75) is 0 Å². The highest BCUT2D eigenvalue weighted by atomic mass is 16.5. The predicted molar refractivity (Wildman–Crippen MR) is 109 cm³/mol. The third-order valence-corrected chi connectivity index (χ3v) is 4.53. The second kappa shape index (κ2) is 7.40. The number of carbonyl (C=O) groups excluding carboxylic acids is 2. The molecule has 0 aliphatic rings. The van der Waals surface area contributed by atoms with E-state index in [-0.39, 0.29) is 11.7 Å². The van der Waals surface area contributed by atoms with E-state index < -0.39 is 0 Å². The van der Waals surface area contributed by atoms with Gasteiger partial charge in [0.05, 0.1) is 12.8 Å². The van der Waals surface area contributed by atoms with E-state index in [9.17, 15) is 9.59 Å². The van der Waals surface area contributed by atoms with E-state index in [1.54, 1.807) is 49.6 Å². The number of nitrogens with one attached hydrogen (secondary N) is 2. The summed E-state index contributed by atoms with van der Waals surface area (Å²) in [4.78, 5) is 28.7. The molecule has 0 aliphatic carbocycles. The minimum Gasteiger partial charge on any atom is -0.497 e. The molecular formula is C23H18N2O3. The molecule has 1 heterocycles. The molecule has 0 atom stereocenters. The Kier molecular flexibility index (Phi) is 4.64. The van der Waals surface area contributed by atoms with Crippen LogP contribution < -0.4 is 10.1 Å². The van der Waals surface area contributed by atoms with Gasteiger partial charge in [-0.15, -0.1) is 0 Å². The van der Waals surface area contributed by atoms with Gasteiger partial charge in [-0.2, -0.15) is 0 Å². The quantitative estimate of drug-likeness (QED) is 0.502. The van der Waals surface area contributed by atoms with Crippen molar-refractivity contribution in [3.8, 4) is 5.75 Å². The van der Waals surface area contributed by atoms with Crippen LogP contribution >= 0.6 is 0 Å². The van der Waals surface area contributed by atoms with Gasteiger partial charge in [0.25, 0.3) is 5.91 Å². The monoisotopic (exact) mass is 370 g/mol. The number of aromatic amines is 1. The Hall–Kier alpha value is -3.86. The Morgan fingerprint density at radius 3 is 2.43 bits per heavy atom. The maximum absolute atomic E-state index is 12.8. The highest BCUT2D eigenvalue weighted by Crippen LogP contribution is 2.23. The minimum absolute atomic E-state index is 0.141. The molecule has 0 fully saturated rings. The second-order valence-corrected chi connectivity index (χ2v) is 6.33. The molecule has 0 radical (unpaired) electrons. The summed E-state index contributed by atoms with van der Waals surface area (Å²) in [6.45, 7) is 0. The molecule has 0 saturated heterocycles. The Morgan fingerprint density at radius 2 is 1.64 bits per heavy atom. The van der Waals surface area contributed by atoms with Crippen molar-refractivity contribution in [2.24, 2.45) is 0 Å². The number of aromatic nitrogens is 1. The lowest BCUT2D eigenvalue weighted by molar-refractivity contribution is 0.102. The molecule has 1 amide bonds. The van der Waals surface area contributed by atoms with Crippen LogP contribution in [0.25, 0.3) is 10.9 Å². The summed E-state index contributed by atoms with van der Waals surface area (Å²) >= 11 is 0. The molecule has 28 heavy (non-hydrogen) atoms. The van der Waals surface area contributed by atoms with Gasteiger partial charge in [0.15, 0.2) is 5.78 Å². The summed E-state index contributed by atoms with van der Waals surface area (Å²) in [6, 6.07) is 23.3. The van der Waals surface area contributed by atoms with Gasteiger partial charge < -0.3 is 15.0 Å². The molecule has 5 nitrogen and oxygen atoms in total. The third-order valence-electron chi connectivity index (χ3n) is 4.53. The SMILES string of the molecule is COc1ccc2[nH]c(C(=O)Nc3ccccc3C(=O)c3ccccc3)cc2c1. The van der Waals surface area contributed by atoms with Crippen molar-refractivity contribution in [3.05, 3.63) is 95.7 Å². The smallest absolute Gasteiger partial charge is 0.272 e. The number of ketones is 1. The number of para-hydroxylation sites is 1. The molecule has 5 heteroatoms. The molecule has 0 bridgehead atoms. The standard InChI is InChI=1S/C23H18N2O3/c1-28-17-11-12-19-16(13-17)14-21(24-19)23(27)25-20-10-6-5-9-18(20)22(26)15-7-3-2-4-8-15/h2-14,24H,1H3,(H,25,27). The van der Waals surface area contributed by atoms with E-state index in [0.717, 1.165) is 16.7 Å². The van der Waals surface area contributed by atoms with Crippen LogP contribution in [0.2, 0.25) is 0 Å². The number of ether oxygens (including phenoxy) is 1. The first-order valence-corrected chi connectivity index (χ1v) is 8.82. The lowest BCUT2D eigenvalue weighted by Gasteiger charge is -2.10. The number of anilines is 1. The number of hydrogen-bond donors (Lipinski definition) is 2. The molecule has 4 aromatic rings. The number of fused-ring (bicyclic) bond motifs is 1. The number of rotatable bonds is 5. The topological polar surface area (TPSA) is 71.2 Å². The fraction of sp³-hybridized carbons (Fsp3) is 0.0435. The normalized spacial score (nSPS) is 10.6. The lowest BCUT2D eigenvalue weighted by Crippen LogP contribution is -2.15. The maximum atomic E-state index is 12.8. The minimum atomic E-state index is -0.316. The summed E-state index contributed by atoms with van der Waals surface area (Å²) in [7, 11) is 1.60. The Labute approximate surface area is 162 Å². The fourth-order valence-electron chi connectivity index (χ4n) is 3.08. The Morgan fingerprint density at radius 1 is 0.893 bits per heavy atom. The largest absolute Gasteiger partial charge is 0.497 e. The molecule has 2 N–H and O–H groups in total. The zero-order valence-electron chi connectivity index (χ0n) is 15.2. The number of hydrogen-bond acceptors (Lipinski definition) is 3. The van der Waals surface area contributed by atoms with Crippen molar-refractivity contribution in [1.29, 1.82) is 0 Å². The Balaban J connectivity index is 1.63. The van der Waals surface area contributed by atoms with Crippen molar-refractivity contribution >= 4 is 28.3 Å². The third kappa shape index (κ3) is 3.38. The summed E-state index contributed by atoms with van der Waals surface area (Å²) < 4.78 is 5.22. The number of amides is 1. The van der Waals surface area contributed by atoms with Crippen LogP contribution in [0.15, 0.2) is 78.9 Å². The highest BCUT2D eigenvalue weighted by molar-refractivity contribution is 6.15. The van der Waals surface area contributed by atoms with Crippen LogP contribution in [0.4, 0.5) is 5.69 Å². The van der Waals surface area contributed by atoms with E-state index in [1.165, 1.54) is 0 Å². The van der Waals surface area contributed by atoms with Crippen LogP contribution in [0.3, 0.4) is 0 Å². The van der Waals surface area contributed by atoms with Crippen LogP contribution in [-0.4, -0.2) is 23.8 Å². The number of methoxy groups -OCH3 is 1. The Bertz CT molecular complexity index is 1160. The van der Waals surface area contributed by atoms with Gasteiger partial charge in [0, 0.05) is 22.0 Å². The summed E-state index contributed by atoms with van der Waals surface area (Å²) in [6.07, 6.45) is 0. The summed E-state index contributed by atoms with van der Waals surface area (Å²) in [5.74, 6) is 0.263. The number of benzene rings is 3. The van der Waals surface area contributed by atoms with Gasteiger partial charge in [0.1, 0.15) is 11.4 Å². The van der Waals surface area contributed by atoms with Crippen molar-refractivity contribution < 1.29 is 14.3 Å². The highest BCUT2D eigenvalue weighted by Gasteiger charge is 2.16. The van der Waals surface area contributed by atoms with Gasteiger partial charge in [0.2, 0.25) is 0 Å². The lowest BCUT2D eigenvalue weighted by atomic mass is 10.0. The van der Waals surface area contributed by atoms with Gasteiger partial charge in [-0.1, -0.05) is 42.5 Å². The zero-order valence-corrected chi connectivity index (χ0v) is 15.2. The summed E-state index contributed by atoms with van der Waals surface area (Å²) in [5.41, 5.74) is 2.73. The molecule has 4 rings (SSSR count). The number of H-pyrrole nitrogens is 1.